The van der Waals surface area contributed by atoms with Gasteiger partial charge in [0.05, 0.1) is 0 Å². The van der Waals surface area contributed by atoms with Crippen molar-refractivity contribution in [1.82, 2.24) is 9.88 Å². The number of hydrogen-bond donors (Lipinski definition) is 2. The molecule has 0 unspecified atom stereocenters. The lowest BCUT2D eigenvalue weighted by atomic mass is 10.3. The van der Waals surface area contributed by atoms with E-state index in [0.717, 1.165) is 35.7 Å². The first-order chi connectivity index (χ1) is 16.7. The highest BCUT2D eigenvalue weighted by Crippen LogP contribution is 2.29. The number of ether oxygens (including phenoxy) is 1. The van der Waals surface area contributed by atoms with Gasteiger partial charge in [0.15, 0.2) is 5.11 Å². The molecule has 2 aromatic carbocycles. The Morgan fingerprint density at radius 2 is 1.69 bits per heavy atom. The highest BCUT2D eigenvalue weighted by molar-refractivity contribution is 7.99. The monoisotopic (exact) mass is 518 g/mol. The van der Waals surface area contributed by atoms with Crippen LogP contribution in [-0.2, 0) is 0 Å². The number of carbonyl (C=O) groups is 1. The topological polar surface area (TPSA) is 66.5 Å². The first-order valence-electron chi connectivity index (χ1n) is 10.7. The first-order valence-corrected chi connectivity index (χ1v) is 11.9. The summed E-state index contributed by atoms with van der Waals surface area (Å²) in [6.45, 7) is 1.55. The van der Waals surface area contributed by atoms with Crippen LogP contribution in [0.1, 0.15) is 23.3 Å². The van der Waals surface area contributed by atoms with Crippen LogP contribution in [-0.4, -0.2) is 40.4 Å². The molecule has 2 N–H and O–H groups in total. The van der Waals surface area contributed by atoms with Crippen LogP contribution in [0.2, 0.25) is 0 Å². The van der Waals surface area contributed by atoms with Crippen molar-refractivity contribution in [3.05, 3.63) is 72.6 Å². The van der Waals surface area contributed by atoms with Crippen LogP contribution in [0.25, 0.3) is 0 Å². The predicted octanol–water partition coefficient (Wildman–Crippen LogP) is 6.18. The molecule has 0 saturated carbocycles. The fourth-order valence-electron chi connectivity index (χ4n) is 3.48. The summed E-state index contributed by atoms with van der Waals surface area (Å²) in [7, 11) is 0. The number of carbonyl (C=O) groups excluding carboxylic acids is 1. The standard InChI is InChI=1S/C24H21F3N4O2S2/c25-24(26,27)33-18-5-3-4-17(14-18)30-23(34)29-16-6-8-19(9-7-16)35-20-10-11-28-21(15-20)22(32)31-12-1-2-13-31/h3-11,14-15H,1-2,12-13H2,(H2,29,30,34). The third kappa shape index (κ3) is 7.33. The number of benzene rings is 2. The smallest absolute Gasteiger partial charge is 0.406 e. The van der Waals surface area contributed by atoms with Gasteiger partial charge in [0.1, 0.15) is 11.4 Å². The zero-order valence-corrected chi connectivity index (χ0v) is 20.0. The molecule has 1 fully saturated rings. The van der Waals surface area contributed by atoms with Crippen LogP contribution in [0.15, 0.2) is 76.7 Å². The van der Waals surface area contributed by atoms with Gasteiger partial charge in [0, 0.05) is 46.5 Å². The average Bonchev–Trinajstić information content (AvgIpc) is 3.34. The van der Waals surface area contributed by atoms with Crippen molar-refractivity contribution in [2.24, 2.45) is 0 Å². The molecule has 0 aliphatic carbocycles. The summed E-state index contributed by atoms with van der Waals surface area (Å²) in [6, 6.07) is 16.5. The van der Waals surface area contributed by atoms with Crippen LogP contribution >= 0.6 is 24.0 Å². The van der Waals surface area contributed by atoms with Crippen LogP contribution in [0.4, 0.5) is 24.5 Å². The number of hydrogen-bond acceptors (Lipinski definition) is 5. The molecule has 182 valence electrons. The lowest BCUT2D eigenvalue weighted by Gasteiger charge is -2.15. The molecule has 1 aromatic heterocycles. The molecule has 11 heteroatoms. The second-order valence-electron chi connectivity index (χ2n) is 7.66. The quantitative estimate of drug-likeness (QED) is 0.378. The number of thiocarbonyl (C=S) groups is 1. The van der Waals surface area contributed by atoms with E-state index in [-0.39, 0.29) is 16.8 Å². The maximum absolute atomic E-state index is 12.6. The Hall–Kier alpha value is -3.31. The van der Waals surface area contributed by atoms with Gasteiger partial charge in [0.2, 0.25) is 0 Å². The number of rotatable bonds is 6. The van der Waals surface area contributed by atoms with Crippen molar-refractivity contribution >= 4 is 46.4 Å². The molecular formula is C24H21F3N4O2S2. The Morgan fingerprint density at radius 3 is 2.40 bits per heavy atom. The minimum Gasteiger partial charge on any atom is -0.406 e. The third-order valence-electron chi connectivity index (χ3n) is 5.02. The van der Waals surface area contributed by atoms with Crippen molar-refractivity contribution in [3.63, 3.8) is 0 Å². The summed E-state index contributed by atoms with van der Waals surface area (Å²) in [4.78, 5) is 20.5. The molecular weight excluding hydrogens is 497 g/mol. The fraction of sp³-hybridized carbons (Fsp3) is 0.208. The largest absolute Gasteiger partial charge is 0.573 e. The molecule has 1 aliphatic heterocycles. The van der Waals surface area contributed by atoms with Crippen LogP contribution in [0.5, 0.6) is 5.75 Å². The van der Waals surface area contributed by atoms with Gasteiger partial charge >= 0.3 is 6.36 Å². The number of pyridine rings is 1. The van der Waals surface area contributed by atoms with Crippen molar-refractivity contribution in [2.75, 3.05) is 23.7 Å². The molecule has 1 saturated heterocycles. The zero-order chi connectivity index (χ0) is 24.8. The van der Waals surface area contributed by atoms with E-state index in [0.29, 0.717) is 17.1 Å². The van der Waals surface area contributed by atoms with Crippen molar-refractivity contribution in [3.8, 4) is 5.75 Å². The van der Waals surface area contributed by atoms with E-state index in [4.69, 9.17) is 12.2 Å². The number of alkyl halides is 3. The van der Waals surface area contributed by atoms with E-state index in [9.17, 15) is 18.0 Å². The minimum atomic E-state index is -4.77. The number of likely N-dealkylation sites (tertiary alicyclic amines) is 1. The number of anilines is 2. The molecule has 35 heavy (non-hydrogen) atoms. The number of aromatic nitrogens is 1. The average molecular weight is 519 g/mol. The normalized spacial score (nSPS) is 13.4. The Balaban J connectivity index is 1.33. The molecule has 0 spiro atoms. The van der Waals surface area contributed by atoms with Gasteiger partial charge in [-0.25, -0.2) is 0 Å². The minimum absolute atomic E-state index is 0.0407. The van der Waals surface area contributed by atoms with Gasteiger partial charge < -0.3 is 20.3 Å². The van der Waals surface area contributed by atoms with Gasteiger partial charge in [-0.15, -0.1) is 13.2 Å². The van der Waals surface area contributed by atoms with Crippen LogP contribution in [0.3, 0.4) is 0 Å². The van der Waals surface area contributed by atoms with E-state index in [1.165, 1.54) is 30.0 Å². The van der Waals surface area contributed by atoms with Crippen molar-refractivity contribution in [1.29, 1.82) is 0 Å². The summed E-state index contributed by atoms with van der Waals surface area (Å²) in [6.07, 6.45) is -1.07. The molecule has 1 amide bonds. The molecule has 4 rings (SSSR count). The van der Waals surface area contributed by atoms with Gasteiger partial charge in [-0.3, -0.25) is 9.78 Å². The molecule has 0 radical (unpaired) electrons. The maximum atomic E-state index is 12.6. The molecule has 3 aromatic rings. The molecule has 0 atom stereocenters. The van der Waals surface area contributed by atoms with Gasteiger partial charge in [-0.1, -0.05) is 17.8 Å². The molecule has 6 nitrogen and oxygen atoms in total. The van der Waals surface area contributed by atoms with Gasteiger partial charge in [-0.2, -0.15) is 0 Å². The van der Waals surface area contributed by atoms with Crippen molar-refractivity contribution < 1.29 is 22.7 Å². The maximum Gasteiger partial charge on any atom is 0.573 e. The van der Waals surface area contributed by atoms with E-state index in [2.05, 4.69) is 20.4 Å². The zero-order valence-electron chi connectivity index (χ0n) is 18.3. The van der Waals surface area contributed by atoms with E-state index < -0.39 is 6.36 Å². The third-order valence-corrected chi connectivity index (χ3v) is 6.22. The summed E-state index contributed by atoms with van der Waals surface area (Å²) in [5.41, 5.74) is 1.50. The summed E-state index contributed by atoms with van der Waals surface area (Å²) in [5, 5.41) is 6.04. The predicted molar refractivity (Wildman–Crippen MR) is 133 cm³/mol. The Labute approximate surface area is 209 Å². The number of amides is 1. The summed E-state index contributed by atoms with van der Waals surface area (Å²) >= 11 is 6.76. The van der Waals surface area contributed by atoms with E-state index in [1.54, 1.807) is 18.3 Å². The lowest BCUT2D eigenvalue weighted by molar-refractivity contribution is -0.274. The number of nitrogens with one attached hydrogen (secondary N) is 2. The SMILES string of the molecule is O=C(c1cc(Sc2ccc(NC(=S)Nc3cccc(OC(F)(F)F)c3)cc2)ccn1)N1CCCC1. The number of nitrogens with zero attached hydrogens (tertiary/aromatic N) is 2. The Morgan fingerprint density at radius 1 is 0.971 bits per heavy atom. The second kappa shape index (κ2) is 11.0. The van der Waals surface area contributed by atoms with Gasteiger partial charge in [0.25, 0.3) is 5.91 Å². The molecule has 0 bridgehead atoms. The summed E-state index contributed by atoms with van der Waals surface area (Å²) in [5.74, 6) is -0.380. The highest BCUT2D eigenvalue weighted by atomic mass is 32.2. The van der Waals surface area contributed by atoms with Gasteiger partial charge in [-0.05, 0) is 73.6 Å². The Kier molecular flexibility index (Phi) is 7.76. The molecule has 2 heterocycles. The molecule has 1 aliphatic rings. The Bertz CT molecular complexity index is 1200. The second-order valence-corrected chi connectivity index (χ2v) is 9.21. The fourth-order valence-corrected chi connectivity index (χ4v) is 4.56. The van der Waals surface area contributed by atoms with Crippen LogP contribution < -0.4 is 15.4 Å². The summed E-state index contributed by atoms with van der Waals surface area (Å²) < 4.78 is 41.1. The van der Waals surface area contributed by atoms with E-state index >= 15 is 0 Å². The van der Waals surface area contributed by atoms with E-state index in [1.807, 2.05) is 35.2 Å². The number of halogens is 3. The first kappa shape index (κ1) is 24.8. The van der Waals surface area contributed by atoms with Crippen LogP contribution in [0, 0.1) is 0 Å². The lowest BCUT2D eigenvalue weighted by Crippen LogP contribution is -2.28. The highest BCUT2D eigenvalue weighted by Gasteiger charge is 2.31. The van der Waals surface area contributed by atoms with Crippen molar-refractivity contribution in [2.45, 2.75) is 29.0 Å².